The summed E-state index contributed by atoms with van der Waals surface area (Å²) in [5.74, 6) is 0.265. The van der Waals surface area contributed by atoms with Gasteiger partial charge in [-0.2, -0.15) is 0 Å². The molecule has 1 aromatic carbocycles. The van der Waals surface area contributed by atoms with Crippen molar-refractivity contribution < 1.29 is 5.11 Å². The molecule has 1 N–H and O–H groups in total. The molecular formula is C13H18BrNO. The van der Waals surface area contributed by atoms with Crippen LogP contribution in [0.25, 0.3) is 10.9 Å². The van der Waals surface area contributed by atoms with E-state index in [9.17, 15) is 5.11 Å². The molecule has 1 heterocycles. The van der Waals surface area contributed by atoms with E-state index in [1.165, 1.54) is 0 Å². The highest BCUT2D eigenvalue weighted by Crippen LogP contribution is 2.28. The highest BCUT2D eigenvalue weighted by Gasteiger charge is 2.02. The van der Waals surface area contributed by atoms with Crippen molar-refractivity contribution in [2.24, 2.45) is 0 Å². The Balaban J connectivity index is 0.000000509. The molecule has 0 saturated carbocycles. The summed E-state index contributed by atoms with van der Waals surface area (Å²) in [6, 6.07) is 7.07. The summed E-state index contributed by atoms with van der Waals surface area (Å²) < 4.78 is 0.899. The van der Waals surface area contributed by atoms with Gasteiger partial charge in [-0.05, 0) is 40.2 Å². The van der Waals surface area contributed by atoms with E-state index >= 15 is 0 Å². The summed E-state index contributed by atoms with van der Waals surface area (Å²) in [4.78, 5) is 4.13. The number of phenols is 1. The molecule has 0 saturated heterocycles. The first-order valence-corrected chi connectivity index (χ1v) is 6.30. The first kappa shape index (κ1) is 14.9. The first-order chi connectivity index (χ1) is 7.79. The third-order valence-corrected chi connectivity index (χ3v) is 2.34. The monoisotopic (exact) mass is 283 g/mol. The molecule has 0 aliphatic carbocycles. The maximum atomic E-state index is 9.43. The van der Waals surface area contributed by atoms with Crippen molar-refractivity contribution in [2.45, 2.75) is 27.7 Å². The number of phenolic OH excluding ortho intramolecular Hbond substituents is 1. The fourth-order valence-corrected chi connectivity index (χ4v) is 1.57. The van der Waals surface area contributed by atoms with Crippen LogP contribution in [0.1, 0.15) is 27.7 Å². The van der Waals surface area contributed by atoms with Crippen molar-refractivity contribution in [3.63, 3.8) is 0 Å². The molecule has 16 heavy (non-hydrogen) atoms. The SMILES string of the molecule is CC.CC.Oc1ccc(Br)c2ncccc12. The van der Waals surface area contributed by atoms with Gasteiger partial charge in [0.2, 0.25) is 0 Å². The molecule has 0 aliphatic rings. The maximum Gasteiger partial charge on any atom is 0.125 e. The molecule has 0 spiro atoms. The normalized spacial score (nSPS) is 8.56. The molecule has 0 amide bonds. The van der Waals surface area contributed by atoms with E-state index in [1.807, 2.05) is 33.8 Å². The molecule has 88 valence electrons. The molecule has 0 atom stereocenters. The van der Waals surface area contributed by atoms with Crippen molar-refractivity contribution in [2.75, 3.05) is 0 Å². The van der Waals surface area contributed by atoms with Crippen LogP contribution in [0.3, 0.4) is 0 Å². The van der Waals surface area contributed by atoms with Gasteiger partial charge in [-0.25, -0.2) is 0 Å². The van der Waals surface area contributed by atoms with Crippen molar-refractivity contribution in [1.29, 1.82) is 0 Å². The first-order valence-electron chi connectivity index (χ1n) is 5.51. The van der Waals surface area contributed by atoms with Crippen LogP contribution < -0.4 is 0 Å². The summed E-state index contributed by atoms with van der Waals surface area (Å²) in [7, 11) is 0. The average Bonchev–Trinajstić information content (AvgIpc) is 2.39. The van der Waals surface area contributed by atoms with Gasteiger partial charge in [-0.1, -0.05) is 27.7 Å². The Bertz CT molecular complexity index is 389. The van der Waals surface area contributed by atoms with E-state index in [0.717, 1.165) is 15.4 Å². The number of pyridine rings is 1. The average molecular weight is 284 g/mol. The summed E-state index contributed by atoms with van der Waals surface area (Å²) in [5.41, 5.74) is 0.789. The number of halogens is 1. The van der Waals surface area contributed by atoms with Crippen molar-refractivity contribution >= 4 is 26.8 Å². The second-order valence-corrected chi connectivity index (χ2v) is 3.32. The van der Waals surface area contributed by atoms with Crippen LogP contribution in [-0.2, 0) is 0 Å². The Morgan fingerprint density at radius 3 is 2.25 bits per heavy atom. The van der Waals surface area contributed by atoms with E-state index in [1.54, 1.807) is 24.4 Å². The van der Waals surface area contributed by atoms with Crippen LogP contribution in [0.15, 0.2) is 34.9 Å². The fraction of sp³-hybridized carbons (Fsp3) is 0.308. The zero-order valence-electron chi connectivity index (χ0n) is 10.2. The van der Waals surface area contributed by atoms with Crippen LogP contribution in [0.2, 0.25) is 0 Å². The van der Waals surface area contributed by atoms with E-state index < -0.39 is 0 Å². The maximum absolute atomic E-state index is 9.43. The summed E-state index contributed by atoms with van der Waals surface area (Å²) in [5, 5.41) is 10.2. The van der Waals surface area contributed by atoms with Crippen LogP contribution in [-0.4, -0.2) is 10.1 Å². The predicted molar refractivity (Wildman–Crippen MR) is 73.8 cm³/mol. The smallest absolute Gasteiger partial charge is 0.125 e. The van der Waals surface area contributed by atoms with Crippen LogP contribution >= 0.6 is 15.9 Å². The number of aromatic nitrogens is 1. The van der Waals surface area contributed by atoms with Crippen LogP contribution in [0, 0.1) is 0 Å². The highest BCUT2D eigenvalue weighted by molar-refractivity contribution is 9.10. The van der Waals surface area contributed by atoms with E-state index in [4.69, 9.17) is 0 Å². The summed E-state index contributed by atoms with van der Waals surface area (Å²) >= 11 is 3.36. The Morgan fingerprint density at radius 2 is 1.69 bits per heavy atom. The molecule has 0 unspecified atom stereocenters. The van der Waals surface area contributed by atoms with Gasteiger partial charge in [0.25, 0.3) is 0 Å². The standard InChI is InChI=1S/C9H6BrNO.2C2H6/c10-7-3-4-8(12)6-2-1-5-11-9(6)7;2*1-2/h1-5,12H;2*1-2H3. The number of aromatic hydroxyl groups is 1. The van der Waals surface area contributed by atoms with Gasteiger partial charge in [0, 0.05) is 16.1 Å². The predicted octanol–water partition coefficient (Wildman–Crippen LogP) is 4.76. The summed E-state index contributed by atoms with van der Waals surface area (Å²) in [6.45, 7) is 8.00. The zero-order chi connectivity index (χ0) is 12.6. The van der Waals surface area contributed by atoms with Gasteiger partial charge in [0.1, 0.15) is 5.75 Å². The quantitative estimate of drug-likeness (QED) is 0.757. The minimum absolute atomic E-state index is 0.265. The number of rotatable bonds is 0. The molecule has 3 heteroatoms. The van der Waals surface area contributed by atoms with E-state index in [0.29, 0.717) is 0 Å². The van der Waals surface area contributed by atoms with Gasteiger partial charge >= 0.3 is 0 Å². The fourth-order valence-electron chi connectivity index (χ4n) is 1.12. The molecule has 2 nitrogen and oxygen atoms in total. The lowest BCUT2D eigenvalue weighted by Crippen LogP contribution is -1.79. The minimum Gasteiger partial charge on any atom is -0.507 e. The Hall–Kier alpha value is -1.09. The highest BCUT2D eigenvalue weighted by atomic mass is 79.9. The Labute approximate surface area is 105 Å². The van der Waals surface area contributed by atoms with Gasteiger partial charge in [-0.3, -0.25) is 4.98 Å². The summed E-state index contributed by atoms with van der Waals surface area (Å²) in [6.07, 6.45) is 1.70. The lowest BCUT2D eigenvalue weighted by atomic mass is 10.2. The molecule has 0 fully saturated rings. The van der Waals surface area contributed by atoms with Crippen LogP contribution in [0.5, 0.6) is 5.75 Å². The van der Waals surface area contributed by atoms with Gasteiger partial charge < -0.3 is 5.11 Å². The largest absolute Gasteiger partial charge is 0.507 e. The Morgan fingerprint density at radius 1 is 1.06 bits per heavy atom. The number of nitrogens with zero attached hydrogens (tertiary/aromatic N) is 1. The van der Waals surface area contributed by atoms with E-state index in [-0.39, 0.29) is 5.75 Å². The minimum atomic E-state index is 0.265. The molecule has 2 aromatic rings. The lowest BCUT2D eigenvalue weighted by molar-refractivity contribution is 0.481. The van der Waals surface area contributed by atoms with Crippen molar-refractivity contribution in [1.82, 2.24) is 4.98 Å². The molecule has 2 rings (SSSR count). The van der Waals surface area contributed by atoms with Crippen LogP contribution in [0.4, 0.5) is 0 Å². The topological polar surface area (TPSA) is 33.1 Å². The molecule has 1 aromatic heterocycles. The Kier molecular flexibility index (Phi) is 7.56. The van der Waals surface area contributed by atoms with E-state index in [2.05, 4.69) is 20.9 Å². The number of hydrogen-bond donors (Lipinski definition) is 1. The molecule has 0 radical (unpaired) electrons. The second-order valence-electron chi connectivity index (χ2n) is 2.47. The number of fused-ring (bicyclic) bond motifs is 1. The van der Waals surface area contributed by atoms with Gasteiger partial charge in [-0.15, -0.1) is 0 Å². The number of benzene rings is 1. The van der Waals surface area contributed by atoms with Crippen molar-refractivity contribution in [3.8, 4) is 5.75 Å². The third-order valence-electron chi connectivity index (χ3n) is 1.70. The molecule has 0 aliphatic heterocycles. The zero-order valence-corrected chi connectivity index (χ0v) is 11.7. The van der Waals surface area contributed by atoms with Gasteiger partial charge in [0.15, 0.2) is 0 Å². The lowest BCUT2D eigenvalue weighted by Gasteiger charge is -2.00. The molecular weight excluding hydrogens is 266 g/mol. The number of hydrogen-bond acceptors (Lipinski definition) is 2. The molecule has 0 bridgehead atoms. The van der Waals surface area contributed by atoms with Crippen molar-refractivity contribution in [3.05, 3.63) is 34.9 Å². The van der Waals surface area contributed by atoms with Gasteiger partial charge in [0.05, 0.1) is 5.52 Å². The second kappa shape index (κ2) is 8.11. The third kappa shape index (κ3) is 3.49.